The molecule has 0 saturated carbocycles. The molecule has 2 aromatic rings. The molecule has 0 bridgehead atoms. The SMILES string of the molecule is Cc1ccncc1-n1cc(C(N)=O)c2c1CCCC2=O. The number of aryl methyl sites for hydroxylation is 1. The summed E-state index contributed by atoms with van der Waals surface area (Å²) in [7, 11) is 0. The molecular formula is C15H15N3O2. The van der Waals surface area contributed by atoms with E-state index in [0.717, 1.165) is 29.8 Å². The molecule has 2 N–H and O–H groups in total. The Morgan fingerprint density at radius 1 is 1.40 bits per heavy atom. The standard InChI is InChI=1S/C15H15N3O2/c1-9-5-6-17-7-12(9)18-8-10(15(16)20)14-11(18)3-2-4-13(14)19/h5-8H,2-4H2,1H3,(H2,16,20). The summed E-state index contributed by atoms with van der Waals surface area (Å²) in [5, 5.41) is 0. The van der Waals surface area contributed by atoms with Crippen molar-refractivity contribution in [2.45, 2.75) is 26.2 Å². The number of nitrogens with two attached hydrogens (primary N) is 1. The molecule has 0 unspecified atom stereocenters. The van der Waals surface area contributed by atoms with Crippen LogP contribution in [0, 0.1) is 6.92 Å². The average Bonchev–Trinajstić information content (AvgIpc) is 2.80. The number of carbonyl (C=O) groups is 2. The van der Waals surface area contributed by atoms with Gasteiger partial charge in [-0.15, -0.1) is 0 Å². The zero-order valence-electron chi connectivity index (χ0n) is 11.2. The Balaban J connectivity index is 2.28. The van der Waals surface area contributed by atoms with Crippen LogP contribution in [0.25, 0.3) is 5.69 Å². The Morgan fingerprint density at radius 2 is 2.20 bits per heavy atom. The van der Waals surface area contributed by atoms with Crippen LogP contribution in [-0.2, 0) is 6.42 Å². The first-order valence-corrected chi connectivity index (χ1v) is 6.58. The van der Waals surface area contributed by atoms with Gasteiger partial charge in [-0.2, -0.15) is 0 Å². The summed E-state index contributed by atoms with van der Waals surface area (Å²) in [5.41, 5.74) is 9.00. The molecule has 1 aliphatic carbocycles. The van der Waals surface area contributed by atoms with Crippen LogP contribution in [0.4, 0.5) is 0 Å². The Hall–Kier alpha value is -2.43. The first-order chi connectivity index (χ1) is 9.59. The van der Waals surface area contributed by atoms with Crippen molar-refractivity contribution in [3.05, 3.63) is 47.0 Å². The van der Waals surface area contributed by atoms with Gasteiger partial charge in [0.1, 0.15) is 0 Å². The molecule has 1 amide bonds. The lowest BCUT2D eigenvalue weighted by Crippen LogP contribution is -2.18. The molecule has 2 aromatic heterocycles. The molecule has 1 aliphatic rings. The molecule has 5 heteroatoms. The van der Waals surface area contributed by atoms with Gasteiger partial charge in [0.2, 0.25) is 0 Å². The Bertz CT molecular complexity index is 716. The Morgan fingerprint density at radius 3 is 2.90 bits per heavy atom. The van der Waals surface area contributed by atoms with Crippen molar-refractivity contribution in [1.29, 1.82) is 0 Å². The maximum absolute atomic E-state index is 12.1. The number of ketones is 1. The summed E-state index contributed by atoms with van der Waals surface area (Å²) in [4.78, 5) is 27.8. The molecule has 0 radical (unpaired) electrons. The van der Waals surface area contributed by atoms with E-state index in [-0.39, 0.29) is 5.78 Å². The Kier molecular flexibility index (Phi) is 2.89. The maximum atomic E-state index is 12.1. The molecule has 5 nitrogen and oxygen atoms in total. The predicted octanol–water partition coefficient (Wildman–Crippen LogP) is 1.80. The molecule has 0 atom stereocenters. The number of pyridine rings is 1. The van der Waals surface area contributed by atoms with Crippen LogP contribution in [0.5, 0.6) is 0 Å². The van der Waals surface area contributed by atoms with Crippen LogP contribution in [-0.4, -0.2) is 21.2 Å². The van der Waals surface area contributed by atoms with E-state index in [1.54, 1.807) is 18.6 Å². The summed E-state index contributed by atoms with van der Waals surface area (Å²) < 4.78 is 1.88. The zero-order valence-corrected chi connectivity index (χ0v) is 11.2. The van der Waals surface area contributed by atoms with Crippen LogP contribution < -0.4 is 5.73 Å². The van der Waals surface area contributed by atoms with E-state index in [1.807, 2.05) is 17.6 Å². The summed E-state index contributed by atoms with van der Waals surface area (Å²) in [6, 6.07) is 1.90. The number of hydrogen-bond donors (Lipinski definition) is 1. The fraction of sp³-hybridized carbons (Fsp3) is 0.267. The minimum atomic E-state index is -0.559. The summed E-state index contributed by atoms with van der Waals surface area (Å²) >= 11 is 0. The topological polar surface area (TPSA) is 78.0 Å². The van der Waals surface area contributed by atoms with Gasteiger partial charge in [0.05, 0.1) is 23.0 Å². The van der Waals surface area contributed by atoms with Gasteiger partial charge >= 0.3 is 0 Å². The summed E-state index contributed by atoms with van der Waals surface area (Å²) in [6.07, 6.45) is 7.16. The lowest BCUT2D eigenvalue weighted by atomic mass is 9.93. The van der Waals surface area contributed by atoms with E-state index in [0.29, 0.717) is 17.5 Å². The normalized spacial score (nSPS) is 14.2. The number of amides is 1. The van der Waals surface area contributed by atoms with E-state index >= 15 is 0 Å². The molecule has 0 fully saturated rings. The fourth-order valence-corrected chi connectivity index (χ4v) is 2.76. The lowest BCUT2D eigenvalue weighted by molar-refractivity contribution is 0.0950. The van der Waals surface area contributed by atoms with Crippen molar-refractivity contribution in [2.75, 3.05) is 0 Å². The predicted molar refractivity (Wildman–Crippen MR) is 74.1 cm³/mol. The van der Waals surface area contributed by atoms with Gasteiger partial charge in [0, 0.05) is 24.5 Å². The first kappa shape index (κ1) is 12.6. The van der Waals surface area contributed by atoms with Crippen molar-refractivity contribution < 1.29 is 9.59 Å². The lowest BCUT2D eigenvalue weighted by Gasteiger charge is -2.16. The smallest absolute Gasteiger partial charge is 0.251 e. The third-order valence-corrected chi connectivity index (χ3v) is 3.74. The fourth-order valence-electron chi connectivity index (χ4n) is 2.76. The minimum Gasteiger partial charge on any atom is -0.366 e. The molecular weight excluding hydrogens is 254 g/mol. The van der Waals surface area contributed by atoms with Gasteiger partial charge in [-0.3, -0.25) is 14.6 Å². The quantitative estimate of drug-likeness (QED) is 0.903. The van der Waals surface area contributed by atoms with Crippen LogP contribution in [0.15, 0.2) is 24.7 Å². The highest BCUT2D eigenvalue weighted by atomic mass is 16.1. The monoisotopic (exact) mass is 269 g/mol. The number of rotatable bonds is 2. The molecule has 3 rings (SSSR count). The average molecular weight is 269 g/mol. The molecule has 20 heavy (non-hydrogen) atoms. The number of aromatic nitrogens is 2. The molecule has 102 valence electrons. The summed E-state index contributed by atoms with van der Waals surface area (Å²) in [6.45, 7) is 1.97. The highest BCUT2D eigenvalue weighted by Gasteiger charge is 2.28. The largest absolute Gasteiger partial charge is 0.366 e. The second-order valence-corrected chi connectivity index (χ2v) is 5.04. The van der Waals surface area contributed by atoms with E-state index in [1.165, 1.54) is 0 Å². The number of primary amides is 1. The number of hydrogen-bond acceptors (Lipinski definition) is 3. The zero-order chi connectivity index (χ0) is 14.3. The van der Waals surface area contributed by atoms with E-state index in [4.69, 9.17) is 5.73 Å². The molecule has 0 spiro atoms. The highest BCUT2D eigenvalue weighted by Crippen LogP contribution is 2.29. The maximum Gasteiger partial charge on any atom is 0.251 e. The second kappa shape index (κ2) is 4.59. The number of carbonyl (C=O) groups excluding carboxylic acids is 2. The van der Waals surface area contributed by atoms with E-state index < -0.39 is 5.91 Å². The third-order valence-electron chi connectivity index (χ3n) is 3.74. The van der Waals surface area contributed by atoms with Gasteiger partial charge in [-0.25, -0.2) is 0 Å². The van der Waals surface area contributed by atoms with E-state index in [2.05, 4.69) is 4.98 Å². The molecule has 0 aliphatic heterocycles. The van der Waals surface area contributed by atoms with Crippen molar-refractivity contribution in [3.63, 3.8) is 0 Å². The van der Waals surface area contributed by atoms with Gasteiger partial charge in [0.15, 0.2) is 5.78 Å². The van der Waals surface area contributed by atoms with Crippen molar-refractivity contribution in [1.82, 2.24) is 9.55 Å². The third kappa shape index (κ3) is 1.82. The van der Waals surface area contributed by atoms with Crippen LogP contribution in [0.2, 0.25) is 0 Å². The highest BCUT2D eigenvalue weighted by molar-refractivity contribution is 6.09. The Labute approximate surface area is 116 Å². The number of nitrogens with zero attached hydrogens (tertiary/aromatic N) is 2. The van der Waals surface area contributed by atoms with Crippen LogP contribution in [0.3, 0.4) is 0 Å². The van der Waals surface area contributed by atoms with Crippen molar-refractivity contribution in [2.24, 2.45) is 5.73 Å². The number of Topliss-reactive ketones (excluding diaryl/α,β-unsaturated/α-hetero) is 1. The number of fused-ring (bicyclic) bond motifs is 1. The van der Waals surface area contributed by atoms with Gasteiger partial charge in [0.25, 0.3) is 5.91 Å². The van der Waals surface area contributed by atoms with Crippen molar-refractivity contribution >= 4 is 11.7 Å². The van der Waals surface area contributed by atoms with Crippen LogP contribution in [0.1, 0.15) is 44.8 Å². The molecule has 0 saturated heterocycles. The van der Waals surface area contributed by atoms with Gasteiger partial charge < -0.3 is 10.3 Å². The van der Waals surface area contributed by atoms with Crippen LogP contribution >= 0.6 is 0 Å². The van der Waals surface area contributed by atoms with Crippen molar-refractivity contribution in [3.8, 4) is 5.69 Å². The molecule has 0 aromatic carbocycles. The van der Waals surface area contributed by atoms with Gasteiger partial charge in [-0.1, -0.05) is 0 Å². The summed E-state index contributed by atoms with van der Waals surface area (Å²) in [5.74, 6) is -0.558. The molecule has 2 heterocycles. The first-order valence-electron chi connectivity index (χ1n) is 6.58. The minimum absolute atomic E-state index is 0.000318. The van der Waals surface area contributed by atoms with E-state index in [9.17, 15) is 9.59 Å². The van der Waals surface area contributed by atoms with Gasteiger partial charge in [-0.05, 0) is 31.4 Å². The second-order valence-electron chi connectivity index (χ2n) is 5.04.